The Bertz CT molecular complexity index is 766. The average Bonchev–Trinajstić information content (AvgIpc) is 2.98. The third-order valence-corrected chi connectivity index (χ3v) is 5.12. The first-order valence-corrected chi connectivity index (χ1v) is 8.11. The molecule has 0 bridgehead atoms. The largest absolute Gasteiger partial charge is 0.478 e. The molecule has 0 spiro atoms. The van der Waals surface area contributed by atoms with Gasteiger partial charge in [-0.15, -0.1) is 0 Å². The highest BCUT2D eigenvalue weighted by Crippen LogP contribution is 2.18. The van der Waals surface area contributed by atoms with Gasteiger partial charge in [0.2, 0.25) is 0 Å². The molecule has 0 saturated carbocycles. The first kappa shape index (κ1) is 16.2. The normalized spacial score (nSPS) is 11.8. The van der Waals surface area contributed by atoms with Crippen LogP contribution >= 0.6 is 0 Å². The van der Waals surface area contributed by atoms with Crippen LogP contribution in [0.3, 0.4) is 0 Å². The van der Waals surface area contributed by atoms with E-state index in [0.717, 1.165) is 28.0 Å². The summed E-state index contributed by atoms with van der Waals surface area (Å²) in [6, 6.07) is 7.59. The number of sulfonamides is 1. The number of nitrogens with one attached hydrogen (secondary N) is 1. The van der Waals surface area contributed by atoms with Crippen LogP contribution in [0.2, 0.25) is 0 Å². The predicted molar refractivity (Wildman–Crippen MR) is 80.0 cm³/mol. The Kier molecular flexibility index (Phi) is 4.62. The summed E-state index contributed by atoms with van der Waals surface area (Å²) in [5.74, 6) is -1.34. The summed E-state index contributed by atoms with van der Waals surface area (Å²) in [4.78, 5) is 11.0. The molecule has 0 aliphatic carbocycles. The van der Waals surface area contributed by atoms with E-state index in [-0.39, 0.29) is 12.1 Å². The number of benzene rings is 1. The Labute approximate surface area is 128 Å². The highest BCUT2D eigenvalue weighted by molar-refractivity contribution is 7.89. The predicted octanol–water partition coefficient (Wildman–Crippen LogP) is 1.49. The molecule has 1 heterocycles. The Hall–Kier alpha value is -2.19. The Balaban J connectivity index is 2.24. The zero-order valence-corrected chi connectivity index (χ0v) is 13.1. The number of aromatic nitrogens is 2. The summed E-state index contributed by atoms with van der Waals surface area (Å²) >= 11 is 0. The lowest BCUT2D eigenvalue weighted by molar-refractivity contribution is 0.0692. The van der Waals surface area contributed by atoms with Gasteiger partial charge < -0.3 is 5.11 Å². The molecule has 0 aliphatic rings. The number of aryl methyl sites for hydroxylation is 1. The van der Waals surface area contributed by atoms with Crippen LogP contribution in [0.5, 0.6) is 0 Å². The molecule has 0 atom stereocenters. The Morgan fingerprint density at radius 1 is 1.27 bits per heavy atom. The standard InChI is InChI=1S/C14H17N3O4S/c1-3-10-4-6-11(7-5-10)9-17(2)22(20,21)13-12(14(18)19)8-15-16-13/h4-8H,3,9H2,1-2H3,(H,15,16)(H,18,19). The number of aromatic amines is 1. The van der Waals surface area contributed by atoms with Crippen LogP contribution in [0.1, 0.15) is 28.4 Å². The summed E-state index contributed by atoms with van der Waals surface area (Å²) in [5.41, 5.74) is 1.61. The molecular weight excluding hydrogens is 306 g/mol. The van der Waals surface area contributed by atoms with E-state index in [1.165, 1.54) is 7.05 Å². The van der Waals surface area contributed by atoms with Crippen LogP contribution in [0, 0.1) is 0 Å². The molecule has 2 N–H and O–H groups in total. The van der Waals surface area contributed by atoms with Crippen LogP contribution in [-0.4, -0.2) is 41.0 Å². The minimum absolute atomic E-state index is 0.143. The Morgan fingerprint density at radius 2 is 1.86 bits per heavy atom. The van der Waals surface area contributed by atoms with Gasteiger partial charge in [0.1, 0.15) is 5.56 Å². The molecule has 22 heavy (non-hydrogen) atoms. The number of H-pyrrole nitrogens is 1. The number of carboxylic acids is 1. The number of hydrogen-bond donors (Lipinski definition) is 2. The van der Waals surface area contributed by atoms with Crippen molar-refractivity contribution in [2.24, 2.45) is 0 Å². The molecule has 0 unspecified atom stereocenters. The molecule has 8 heteroatoms. The van der Waals surface area contributed by atoms with Gasteiger partial charge in [-0.25, -0.2) is 13.2 Å². The molecule has 0 amide bonds. The molecule has 0 saturated heterocycles. The maximum absolute atomic E-state index is 12.4. The smallest absolute Gasteiger partial charge is 0.340 e. The molecule has 1 aromatic heterocycles. The molecule has 0 radical (unpaired) electrons. The van der Waals surface area contributed by atoms with Gasteiger partial charge in [0.05, 0.1) is 6.20 Å². The van der Waals surface area contributed by atoms with Gasteiger partial charge in [0.25, 0.3) is 10.0 Å². The van der Waals surface area contributed by atoms with Crippen molar-refractivity contribution in [3.05, 3.63) is 47.2 Å². The SMILES string of the molecule is CCc1ccc(CN(C)S(=O)(=O)c2[nH]ncc2C(=O)O)cc1. The van der Waals surface area contributed by atoms with Crippen molar-refractivity contribution in [3.8, 4) is 0 Å². The van der Waals surface area contributed by atoms with Crippen LogP contribution in [0.4, 0.5) is 0 Å². The molecular formula is C14H17N3O4S. The molecule has 118 valence electrons. The van der Waals surface area contributed by atoms with Gasteiger partial charge in [-0.3, -0.25) is 5.10 Å². The van der Waals surface area contributed by atoms with E-state index in [1.807, 2.05) is 31.2 Å². The highest BCUT2D eigenvalue weighted by Gasteiger charge is 2.28. The third-order valence-electron chi connectivity index (χ3n) is 3.34. The van der Waals surface area contributed by atoms with Gasteiger partial charge in [0, 0.05) is 13.6 Å². The highest BCUT2D eigenvalue weighted by atomic mass is 32.2. The van der Waals surface area contributed by atoms with Crippen molar-refractivity contribution in [3.63, 3.8) is 0 Å². The molecule has 7 nitrogen and oxygen atoms in total. The molecule has 1 aromatic carbocycles. The number of carbonyl (C=O) groups is 1. The van der Waals surface area contributed by atoms with Gasteiger partial charge >= 0.3 is 5.97 Å². The number of rotatable bonds is 6. The molecule has 0 fully saturated rings. The lowest BCUT2D eigenvalue weighted by Crippen LogP contribution is -2.28. The van der Waals surface area contributed by atoms with Gasteiger partial charge in [-0.1, -0.05) is 31.2 Å². The van der Waals surface area contributed by atoms with Crippen LogP contribution < -0.4 is 0 Å². The second-order valence-corrected chi connectivity index (χ2v) is 6.83. The number of aromatic carboxylic acids is 1. The summed E-state index contributed by atoms with van der Waals surface area (Å²) in [6.07, 6.45) is 1.89. The monoisotopic (exact) mass is 323 g/mol. The molecule has 0 aliphatic heterocycles. The maximum atomic E-state index is 12.4. The van der Waals surface area contributed by atoms with Crippen LogP contribution in [0.25, 0.3) is 0 Å². The van der Waals surface area contributed by atoms with Crippen molar-refractivity contribution >= 4 is 16.0 Å². The second-order valence-electron chi connectivity index (χ2n) is 4.85. The van der Waals surface area contributed by atoms with Crippen molar-refractivity contribution < 1.29 is 18.3 Å². The number of nitrogens with zero attached hydrogens (tertiary/aromatic N) is 2. The second kappa shape index (κ2) is 6.29. The van der Waals surface area contributed by atoms with E-state index < -0.39 is 21.0 Å². The van der Waals surface area contributed by atoms with Crippen molar-refractivity contribution in [2.75, 3.05) is 7.05 Å². The third kappa shape index (κ3) is 3.18. The first-order valence-electron chi connectivity index (χ1n) is 6.67. The summed E-state index contributed by atoms with van der Waals surface area (Å²) in [6.45, 7) is 2.18. The fraction of sp³-hybridized carbons (Fsp3) is 0.286. The van der Waals surface area contributed by atoms with Gasteiger partial charge in [-0.05, 0) is 17.5 Å². The van der Waals surface area contributed by atoms with E-state index in [9.17, 15) is 13.2 Å². The van der Waals surface area contributed by atoms with E-state index in [4.69, 9.17) is 5.11 Å². The topological polar surface area (TPSA) is 103 Å². The Morgan fingerprint density at radius 3 is 2.41 bits per heavy atom. The maximum Gasteiger partial charge on any atom is 0.340 e. The minimum Gasteiger partial charge on any atom is -0.478 e. The number of carboxylic acid groups (broad SMARTS) is 1. The van der Waals surface area contributed by atoms with E-state index in [0.29, 0.717) is 0 Å². The van der Waals surface area contributed by atoms with Crippen molar-refractivity contribution in [1.29, 1.82) is 0 Å². The van der Waals surface area contributed by atoms with Gasteiger partial charge in [-0.2, -0.15) is 9.40 Å². The zero-order valence-electron chi connectivity index (χ0n) is 12.3. The zero-order chi connectivity index (χ0) is 16.3. The fourth-order valence-corrected chi connectivity index (χ4v) is 3.22. The van der Waals surface area contributed by atoms with E-state index in [2.05, 4.69) is 10.2 Å². The average molecular weight is 323 g/mol. The van der Waals surface area contributed by atoms with Crippen molar-refractivity contribution in [1.82, 2.24) is 14.5 Å². The fourth-order valence-electron chi connectivity index (χ4n) is 2.00. The summed E-state index contributed by atoms with van der Waals surface area (Å²) in [7, 11) is -2.55. The molecule has 2 rings (SSSR count). The lowest BCUT2D eigenvalue weighted by atomic mass is 10.1. The van der Waals surface area contributed by atoms with Crippen LogP contribution in [0.15, 0.2) is 35.5 Å². The van der Waals surface area contributed by atoms with Gasteiger partial charge in [0.15, 0.2) is 5.03 Å². The quantitative estimate of drug-likeness (QED) is 0.838. The molecule has 2 aromatic rings. The lowest BCUT2D eigenvalue weighted by Gasteiger charge is -2.16. The van der Waals surface area contributed by atoms with Crippen LogP contribution in [-0.2, 0) is 23.0 Å². The van der Waals surface area contributed by atoms with Crippen molar-refractivity contribution in [2.45, 2.75) is 24.9 Å². The summed E-state index contributed by atoms with van der Waals surface area (Å²) < 4.78 is 26.0. The van der Waals surface area contributed by atoms with E-state index in [1.54, 1.807) is 0 Å². The van der Waals surface area contributed by atoms with E-state index >= 15 is 0 Å². The summed E-state index contributed by atoms with van der Waals surface area (Å²) in [5, 5.41) is 14.4. The first-order chi connectivity index (χ1) is 10.4. The number of hydrogen-bond acceptors (Lipinski definition) is 4. The minimum atomic E-state index is -3.95.